The standard InChI is InChI=1S/C68H55N3S/c1-66(2,3)41-32-48(40-26-28-56-49(31-40)45-22-13-15-24-55(45)69(56)44-21-17-20-39(30-44)38-18-11-10-12-19-38)61-51(34-41)52-35-42(67(4,5)6)33-50-46-27-29-57-60(64(46)71(61)62(50)52)54-37-43(68(7,8)9)36-53-59-47-23-14-16-25-58(47)72-65(59)70(57)63(53)54/h10-37H,1-9H3. The number of hydrogen-bond donors (Lipinski definition) is 0. The second-order valence-corrected chi connectivity index (χ2v) is 24.8. The summed E-state index contributed by atoms with van der Waals surface area (Å²) in [6.07, 6.45) is 0. The van der Waals surface area contributed by atoms with Crippen molar-refractivity contribution in [3.8, 4) is 27.9 Å². The fourth-order valence-corrected chi connectivity index (χ4v) is 13.9. The SMILES string of the molecule is CC(C)(C)c1cc(-c2ccc3c(c2)c2ccccc2n3-c2cccc(-c3ccccc3)c2)c2c(c1)c1cc(C(C)(C)C)cc3c4ccc5c(c6cc(C(C)(C)C)cc7c8c9ccccc9sc8n5c76)c4n2c13. The highest BCUT2D eigenvalue weighted by Crippen LogP contribution is 2.52. The van der Waals surface area contributed by atoms with Crippen LogP contribution in [0.1, 0.15) is 79.0 Å². The number of thiophene rings is 1. The highest BCUT2D eigenvalue weighted by Gasteiger charge is 2.31. The van der Waals surface area contributed by atoms with Crippen molar-refractivity contribution >= 4 is 119 Å². The molecule has 0 N–H and O–H groups in total. The summed E-state index contributed by atoms with van der Waals surface area (Å²) in [6, 6.07) is 65.0. The minimum absolute atomic E-state index is 0.0490. The zero-order valence-electron chi connectivity index (χ0n) is 42.4. The fourth-order valence-electron chi connectivity index (χ4n) is 12.6. The van der Waals surface area contributed by atoms with E-state index in [-0.39, 0.29) is 16.2 Å². The van der Waals surface area contributed by atoms with E-state index in [1.165, 1.54) is 146 Å². The molecule has 3 nitrogen and oxygen atoms in total. The van der Waals surface area contributed by atoms with E-state index in [4.69, 9.17) is 0 Å². The number of fused-ring (bicyclic) bond motifs is 18. The maximum Gasteiger partial charge on any atom is 0.109 e. The molecule has 15 aromatic rings. The van der Waals surface area contributed by atoms with Gasteiger partial charge in [0.25, 0.3) is 0 Å². The van der Waals surface area contributed by atoms with Gasteiger partial charge in [-0.05, 0) is 128 Å². The molecule has 0 aliphatic carbocycles. The number of hydrogen-bond acceptors (Lipinski definition) is 1. The Balaban J connectivity index is 1.11. The van der Waals surface area contributed by atoms with Gasteiger partial charge in [-0.15, -0.1) is 11.3 Å². The van der Waals surface area contributed by atoms with Crippen LogP contribution in [0.25, 0.3) is 135 Å². The van der Waals surface area contributed by atoms with Gasteiger partial charge in [-0.1, -0.05) is 153 Å². The molecule has 0 spiro atoms. The molecule has 0 atom stereocenters. The molecule has 72 heavy (non-hydrogen) atoms. The summed E-state index contributed by atoms with van der Waals surface area (Å²) in [7, 11) is 0. The third kappa shape index (κ3) is 5.62. The maximum atomic E-state index is 2.72. The first-order valence-electron chi connectivity index (χ1n) is 25.7. The Hall–Kier alpha value is -7.66. The Morgan fingerprint density at radius 2 is 0.903 bits per heavy atom. The van der Waals surface area contributed by atoms with Crippen LogP contribution in [-0.4, -0.2) is 13.4 Å². The zero-order chi connectivity index (χ0) is 48.9. The minimum atomic E-state index is -0.0901. The smallest absolute Gasteiger partial charge is 0.109 e. The lowest BCUT2D eigenvalue weighted by atomic mass is 9.83. The molecule has 0 saturated heterocycles. The van der Waals surface area contributed by atoms with E-state index in [0.29, 0.717) is 0 Å². The summed E-state index contributed by atoms with van der Waals surface area (Å²) < 4.78 is 9.14. The van der Waals surface area contributed by atoms with Gasteiger partial charge in [0, 0.05) is 75.2 Å². The quantitative estimate of drug-likeness (QED) is 0.168. The molecule has 0 fully saturated rings. The summed E-state index contributed by atoms with van der Waals surface area (Å²) >= 11 is 1.93. The predicted molar refractivity (Wildman–Crippen MR) is 312 cm³/mol. The summed E-state index contributed by atoms with van der Waals surface area (Å²) in [6.45, 7) is 21.3. The average Bonchev–Trinajstić information content (AvgIpc) is 4.20. The molecule has 9 aromatic carbocycles. The van der Waals surface area contributed by atoms with E-state index in [0.717, 1.165) is 5.69 Å². The number of nitrogens with zero attached hydrogens (tertiary/aromatic N) is 3. The van der Waals surface area contributed by atoms with Crippen LogP contribution in [0.3, 0.4) is 0 Å². The van der Waals surface area contributed by atoms with E-state index in [1.807, 2.05) is 11.3 Å². The predicted octanol–water partition coefficient (Wildman–Crippen LogP) is 19.5. The van der Waals surface area contributed by atoms with Crippen LogP contribution in [0, 0.1) is 0 Å². The molecule has 0 saturated carbocycles. The third-order valence-corrected chi connectivity index (χ3v) is 17.5. The number of para-hydroxylation sites is 1. The van der Waals surface area contributed by atoms with E-state index in [2.05, 4.69) is 246 Å². The molecule has 0 bridgehead atoms. The molecule has 0 amide bonds. The molecule has 0 aliphatic heterocycles. The highest BCUT2D eigenvalue weighted by molar-refractivity contribution is 7.25. The zero-order valence-corrected chi connectivity index (χ0v) is 43.2. The molecule has 6 heterocycles. The van der Waals surface area contributed by atoms with Gasteiger partial charge in [-0.25, -0.2) is 0 Å². The van der Waals surface area contributed by atoms with Gasteiger partial charge in [0.15, 0.2) is 0 Å². The summed E-state index contributed by atoms with van der Waals surface area (Å²) in [4.78, 5) is 1.33. The van der Waals surface area contributed by atoms with Crippen LogP contribution < -0.4 is 0 Å². The Morgan fingerprint density at radius 3 is 1.64 bits per heavy atom. The first-order valence-corrected chi connectivity index (χ1v) is 26.5. The lowest BCUT2D eigenvalue weighted by Gasteiger charge is -2.22. The second-order valence-electron chi connectivity index (χ2n) is 23.8. The Bertz CT molecular complexity index is 4780. The van der Waals surface area contributed by atoms with Gasteiger partial charge in [-0.2, -0.15) is 0 Å². The lowest BCUT2D eigenvalue weighted by Crippen LogP contribution is -2.11. The van der Waals surface area contributed by atoms with Crippen LogP contribution >= 0.6 is 11.3 Å². The van der Waals surface area contributed by atoms with Crippen molar-refractivity contribution in [1.29, 1.82) is 0 Å². The van der Waals surface area contributed by atoms with Gasteiger partial charge in [0.05, 0.1) is 38.6 Å². The molecule has 0 unspecified atom stereocenters. The summed E-state index contributed by atoms with van der Waals surface area (Å²) in [5.74, 6) is 0. The second kappa shape index (κ2) is 14.1. The Morgan fingerprint density at radius 1 is 0.333 bits per heavy atom. The van der Waals surface area contributed by atoms with Crippen molar-refractivity contribution in [2.45, 2.75) is 78.6 Å². The van der Waals surface area contributed by atoms with Gasteiger partial charge in [0.1, 0.15) is 4.83 Å². The molecular formula is C68H55N3S. The Kier molecular flexibility index (Phi) is 8.21. The molecule has 348 valence electrons. The van der Waals surface area contributed by atoms with Crippen molar-refractivity contribution < 1.29 is 0 Å². The largest absolute Gasteiger partial charge is 0.309 e. The van der Waals surface area contributed by atoms with Crippen LogP contribution in [0.5, 0.6) is 0 Å². The third-order valence-electron chi connectivity index (χ3n) is 16.3. The lowest BCUT2D eigenvalue weighted by molar-refractivity contribution is 0.591. The van der Waals surface area contributed by atoms with Crippen LogP contribution in [0.2, 0.25) is 0 Å². The number of rotatable bonds is 3. The van der Waals surface area contributed by atoms with E-state index < -0.39 is 0 Å². The van der Waals surface area contributed by atoms with Crippen molar-refractivity contribution in [1.82, 2.24) is 13.4 Å². The first kappa shape index (κ1) is 42.1. The van der Waals surface area contributed by atoms with Gasteiger partial charge >= 0.3 is 0 Å². The fraction of sp³-hybridized carbons (Fsp3) is 0.176. The Labute approximate surface area is 422 Å². The molecule has 0 aliphatic rings. The van der Waals surface area contributed by atoms with Gasteiger partial charge in [0.2, 0.25) is 0 Å². The summed E-state index contributed by atoms with van der Waals surface area (Å²) in [5, 5.41) is 14.6. The van der Waals surface area contributed by atoms with E-state index in [1.54, 1.807) is 0 Å². The number of benzene rings is 9. The number of aromatic nitrogens is 3. The van der Waals surface area contributed by atoms with E-state index in [9.17, 15) is 0 Å². The van der Waals surface area contributed by atoms with Crippen molar-refractivity contribution in [2.75, 3.05) is 0 Å². The van der Waals surface area contributed by atoms with Crippen molar-refractivity contribution in [2.24, 2.45) is 0 Å². The van der Waals surface area contributed by atoms with Gasteiger partial charge < -0.3 is 8.97 Å². The monoisotopic (exact) mass is 945 g/mol. The first-order chi connectivity index (χ1) is 34.6. The minimum Gasteiger partial charge on any atom is -0.309 e. The van der Waals surface area contributed by atoms with Crippen molar-refractivity contribution in [3.63, 3.8) is 0 Å². The molecule has 15 rings (SSSR count). The molecule has 0 radical (unpaired) electrons. The van der Waals surface area contributed by atoms with Gasteiger partial charge in [-0.3, -0.25) is 4.40 Å². The molecular weight excluding hydrogens is 891 g/mol. The maximum absolute atomic E-state index is 2.72. The van der Waals surface area contributed by atoms with Crippen LogP contribution in [-0.2, 0) is 16.2 Å². The molecule has 6 aromatic heterocycles. The highest BCUT2D eigenvalue weighted by atomic mass is 32.1. The average molecular weight is 946 g/mol. The molecule has 4 heteroatoms. The van der Waals surface area contributed by atoms with Crippen LogP contribution in [0.4, 0.5) is 0 Å². The van der Waals surface area contributed by atoms with Crippen molar-refractivity contribution in [3.05, 3.63) is 187 Å². The normalized spacial score (nSPS) is 13.3. The topological polar surface area (TPSA) is 13.8 Å². The summed E-state index contributed by atoms with van der Waals surface area (Å²) in [5.41, 5.74) is 18.9. The van der Waals surface area contributed by atoms with E-state index >= 15 is 0 Å². The van der Waals surface area contributed by atoms with Crippen LogP contribution in [0.15, 0.2) is 170 Å².